The fourth-order valence-electron chi connectivity index (χ4n) is 2.32. The molecule has 0 atom stereocenters. The third-order valence-corrected chi connectivity index (χ3v) is 5.19. The van der Waals surface area contributed by atoms with E-state index in [0.29, 0.717) is 28.2 Å². The van der Waals surface area contributed by atoms with Crippen molar-refractivity contribution in [3.05, 3.63) is 63.4 Å². The summed E-state index contributed by atoms with van der Waals surface area (Å²) in [6, 6.07) is 14.7. The Labute approximate surface area is 157 Å². The molecule has 128 valence electrons. The standard InChI is InChI=1S/C18H16BrN3O2S/c1-22-17(24)14-4-2-3-5-15(14)21-18(22)25-11-10-16(23)20-13-8-6-12(19)7-9-13/h2-9H,10-11H2,1H3,(H,20,23). The first-order valence-corrected chi connectivity index (χ1v) is 9.46. The molecule has 0 aliphatic heterocycles. The molecule has 0 radical (unpaired) electrons. The highest BCUT2D eigenvalue weighted by molar-refractivity contribution is 9.10. The van der Waals surface area contributed by atoms with Crippen LogP contribution in [0.25, 0.3) is 10.9 Å². The molecule has 1 aromatic heterocycles. The maximum Gasteiger partial charge on any atom is 0.261 e. The Bertz CT molecular complexity index is 970. The van der Waals surface area contributed by atoms with Crippen molar-refractivity contribution >= 4 is 50.2 Å². The van der Waals surface area contributed by atoms with Crippen LogP contribution < -0.4 is 10.9 Å². The lowest BCUT2D eigenvalue weighted by atomic mass is 10.2. The Balaban J connectivity index is 1.63. The number of nitrogens with one attached hydrogen (secondary N) is 1. The summed E-state index contributed by atoms with van der Waals surface area (Å²) < 4.78 is 2.49. The molecule has 0 saturated heterocycles. The van der Waals surface area contributed by atoms with E-state index < -0.39 is 0 Å². The number of hydrogen-bond acceptors (Lipinski definition) is 4. The number of para-hydroxylation sites is 1. The maximum atomic E-state index is 12.3. The molecular weight excluding hydrogens is 402 g/mol. The number of hydrogen-bond donors (Lipinski definition) is 1. The van der Waals surface area contributed by atoms with Gasteiger partial charge in [0.15, 0.2) is 5.16 Å². The average molecular weight is 418 g/mol. The van der Waals surface area contributed by atoms with Crippen LogP contribution in [0.1, 0.15) is 6.42 Å². The van der Waals surface area contributed by atoms with Crippen LogP contribution in [0.15, 0.2) is 63.0 Å². The smallest absolute Gasteiger partial charge is 0.261 e. The third kappa shape index (κ3) is 4.29. The zero-order valence-corrected chi connectivity index (χ0v) is 15.9. The van der Waals surface area contributed by atoms with E-state index in [0.717, 1.165) is 10.2 Å². The van der Waals surface area contributed by atoms with Crippen molar-refractivity contribution in [2.75, 3.05) is 11.1 Å². The number of nitrogens with zero attached hydrogens (tertiary/aromatic N) is 2. The highest BCUT2D eigenvalue weighted by atomic mass is 79.9. The van der Waals surface area contributed by atoms with Gasteiger partial charge >= 0.3 is 0 Å². The van der Waals surface area contributed by atoms with Gasteiger partial charge in [-0.1, -0.05) is 39.8 Å². The Kier molecular flexibility index (Phi) is 5.55. The Morgan fingerprint density at radius 3 is 2.68 bits per heavy atom. The van der Waals surface area contributed by atoms with E-state index in [4.69, 9.17) is 0 Å². The molecule has 3 rings (SSSR count). The van der Waals surface area contributed by atoms with Gasteiger partial charge in [0.1, 0.15) is 0 Å². The van der Waals surface area contributed by atoms with Crippen LogP contribution in [0.2, 0.25) is 0 Å². The summed E-state index contributed by atoms with van der Waals surface area (Å²) in [5, 5.41) is 4.06. The largest absolute Gasteiger partial charge is 0.326 e. The number of halogens is 1. The van der Waals surface area contributed by atoms with Gasteiger partial charge in [-0.25, -0.2) is 4.98 Å². The van der Waals surface area contributed by atoms with E-state index in [1.165, 1.54) is 16.3 Å². The van der Waals surface area contributed by atoms with Crippen molar-refractivity contribution in [2.45, 2.75) is 11.6 Å². The molecule has 0 unspecified atom stereocenters. The van der Waals surface area contributed by atoms with Crippen LogP contribution in [-0.2, 0) is 11.8 Å². The molecule has 0 spiro atoms. The summed E-state index contributed by atoms with van der Waals surface area (Å²) >= 11 is 4.76. The molecule has 2 aromatic carbocycles. The highest BCUT2D eigenvalue weighted by Crippen LogP contribution is 2.18. The summed E-state index contributed by atoms with van der Waals surface area (Å²) in [4.78, 5) is 28.9. The van der Waals surface area contributed by atoms with E-state index in [9.17, 15) is 9.59 Å². The molecule has 0 bridgehead atoms. The molecule has 0 fully saturated rings. The lowest BCUT2D eigenvalue weighted by Gasteiger charge is -2.09. The van der Waals surface area contributed by atoms with Gasteiger partial charge in [-0.15, -0.1) is 0 Å². The molecule has 25 heavy (non-hydrogen) atoms. The third-order valence-electron chi connectivity index (χ3n) is 3.63. The molecule has 7 heteroatoms. The van der Waals surface area contributed by atoms with E-state index in [2.05, 4.69) is 26.2 Å². The molecule has 0 saturated carbocycles. The number of thioether (sulfide) groups is 1. The second kappa shape index (κ2) is 7.84. The number of benzene rings is 2. The molecule has 1 N–H and O–H groups in total. The van der Waals surface area contributed by atoms with Crippen molar-refractivity contribution < 1.29 is 4.79 Å². The van der Waals surface area contributed by atoms with Gasteiger partial charge in [0, 0.05) is 29.4 Å². The predicted octanol–water partition coefficient (Wildman–Crippen LogP) is 3.82. The lowest BCUT2D eigenvalue weighted by molar-refractivity contribution is -0.115. The quantitative estimate of drug-likeness (QED) is 0.506. The van der Waals surface area contributed by atoms with E-state index in [1.807, 2.05) is 42.5 Å². The molecular formula is C18H16BrN3O2S. The monoisotopic (exact) mass is 417 g/mol. The van der Waals surface area contributed by atoms with Crippen LogP contribution in [0, 0.1) is 0 Å². The number of amides is 1. The van der Waals surface area contributed by atoms with Gasteiger partial charge < -0.3 is 5.32 Å². The fourth-order valence-corrected chi connectivity index (χ4v) is 3.49. The summed E-state index contributed by atoms with van der Waals surface area (Å²) in [5.74, 6) is 0.474. The maximum absolute atomic E-state index is 12.3. The lowest BCUT2D eigenvalue weighted by Crippen LogP contribution is -2.20. The van der Waals surface area contributed by atoms with Gasteiger partial charge in [0.05, 0.1) is 10.9 Å². The first-order valence-electron chi connectivity index (χ1n) is 7.68. The fraction of sp³-hybridized carbons (Fsp3) is 0.167. The van der Waals surface area contributed by atoms with Gasteiger partial charge in [-0.3, -0.25) is 14.2 Å². The molecule has 0 aliphatic rings. The van der Waals surface area contributed by atoms with Crippen LogP contribution in [-0.4, -0.2) is 21.2 Å². The van der Waals surface area contributed by atoms with Gasteiger partial charge in [-0.2, -0.15) is 0 Å². The second-order valence-corrected chi connectivity index (χ2v) is 7.41. The van der Waals surface area contributed by atoms with E-state index in [1.54, 1.807) is 13.1 Å². The normalized spacial score (nSPS) is 10.8. The van der Waals surface area contributed by atoms with Crippen molar-refractivity contribution in [3.63, 3.8) is 0 Å². The first kappa shape index (κ1) is 17.7. The molecule has 0 aliphatic carbocycles. The average Bonchev–Trinajstić information content (AvgIpc) is 2.61. The number of aromatic nitrogens is 2. The zero-order valence-electron chi connectivity index (χ0n) is 13.5. The highest BCUT2D eigenvalue weighted by Gasteiger charge is 2.09. The van der Waals surface area contributed by atoms with Gasteiger partial charge in [-0.05, 0) is 36.4 Å². The van der Waals surface area contributed by atoms with Crippen LogP contribution in [0.5, 0.6) is 0 Å². The Hall–Kier alpha value is -2.12. The minimum Gasteiger partial charge on any atom is -0.326 e. The van der Waals surface area contributed by atoms with Crippen LogP contribution in [0.4, 0.5) is 5.69 Å². The van der Waals surface area contributed by atoms with Crippen molar-refractivity contribution in [3.8, 4) is 0 Å². The number of carbonyl (C=O) groups is 1. The predicted molar refractivity (Wildman–Crippen MR) is 105 cm³/mol. The first-order chi connectivity index (χ1) is 12.0. The number of anilines is 1. The minimum atomic E-state index is -0.0765. The van der Waals surface area contributed by atoms with E-state index in [-0.39, 0.29) is 11.5 Å². The van der Waals surface area contributed by atoms with Crippen molar-refractivity contribution in [2.24, 2.45) is 7.05 Å². The number of carbonyl (C=O) groups excluding carboxylic acids is 1. The summed E-state index contributed by atoms with van der Waals surface area (Å²) in [7, 11) is 1.70. The zero-order chi connectivity index (χ0) is 17.8. The topological polar surface area (TPSA) is 64.0 Å². The SMILES string of the molecule is Cn1c(SCCC(=O)Nc2ccc(Br)cc2)nc2ccccc2c1=O. The van der Waals surface area contributed by atoms with Crippen molar-refractivity contribution in [1.29, 1.82) is 0 Å². The summed E-state index contributed by atoms with van der Waals surface area (Å²) in [5.41, 5.74) is 1.36. The number of fused-ring (bicyclic) bond motifs is 1. The van der Waals surface area contributed by atoms with Crippen LogP contribution >= 0.6 is 27.7 Å². The summed E-state index contributed by atoms with van der Waals surface area (Å²) in [6.07, 6.45) is 0.337. The van der Waals surface area contributed by atoms with Crippen LogP contribution in [0.3, 0.4) is 0 Å². The molecule has 1 amide bonds. The Morgan fingerprint density at radius 1 is 1.20 bits per heavy atom. The van der Waals surface area contributed by atoms with Gasteiger partial charge in [0.25, 0.3) is 5.56 Å². The van der Waals surface area contributed by atoms with E-state index >= 15 is 0 Å². The summed E-state index contributed by atoms with van der Waals surface area (Å²) in [6.45, 7) is 0. The minimum absolute atomic E-state index is 0.0689. The number of rotatable bonds is 5. The van der Waals surface area contributed by atoms with Gasteiger partial charge in [0.2, 0.25) is 5.91 Å². The molecule has 5 nitrogen and oxygen atoms in total. The molecule has 3 aromatic rings. The second-order valence-electron chi connectivity index (χ2n) is 5.43. The molecule has 1 heterocycles. The van der Waals surface area contributed by atoms with Crippen molar-refractivity contribution in [1.82, 2.24) is 9.55 Å². The Morgan fingerprint density at radius 2 is 1.92 bits per heavy atom.